The number of imidazole rings is 1. The number of aromatic nitrogens is 3. The van der Waals surface area contributed by atoms with Crippen LogP contribution in [0.25, 0.3) is 11.4 Å². The number of nitrogens with zero attached hydrogens (tertiary/aromatic N) is 4. The highest BCUT2D eigenvalue weighted by Crippen LogP contribution is 2.25. The van der Waals surface area contributed by atoms with Gasteiger partial charge in [-0.1, -0.05) is 6.07 Å². The fourth-order valence-electron chi connectivity index (χ4n) is 4.01. The van der Waals surface area contributed by atoms with Crippen LogP contribution in [0.1, 0.15) is 24.1 Å². The number of hydrogen-bond donors (Lipinski definition) is 0. The second-order valence-electron chi connectivity index (χ2n) is 7.55. The van der Waals surface area contributed by atoms with E-state index in [1.165, 1.54) is 6.07 Å². The van der Waals surface area contributed by atoms with Crippen molar-refractivity contribution in [3.63, 3.8) is 0 Å². The zero-order chi connectivity index (χ0) is 19.5. The topological polar surface area (TPSA) is 34.0 Å². The summed E-state index contributed by atoms with van der Waals surface area (Å²) in [5.74, 6) is 0.399. The summed E-state index contributed by atoms with van der Waals surface area (Å²) >= 11 is 0. The molecule has 0 bridgehead atoms. The van der Waals surface area contributed by atoms with Gasteiger partial charge in [-0.2, -0.15) is 0 Å². The molecule has 0 amide bonds. The molecule has 2 aromatic heterocycles. The van der Waals surface area contributed by atoms with Gasteiger partial charge in [0.1, 0.15) is 17.5 Å². The number of likely N-dealkylation sites (tertiary alicyclic amines) is 1. The Morgan fingerprint density at radius 2 is 2.07 bits per heavy atom. The standard InChI is InChI=1S/C22H24F2N4/c1-16-11-26-22(18-5-2-8-25-12-18)28(16)14-17-4-3-9-27(13-17)15-19-6-7-20(23)10-21(19)24/h2,5-8,10-12,17H,3-4,9,13-15H2,1H3. The molecule has 0 N–H and O–H groups in total. The van der Waals surface area contributed by atoms with Crippen LogP contribution in [-0.4, -0.2) is 32.5 Å². The summed E-state index contributed by atoms with van der Waals surface area (Å²) in [5.41, 5.74) is 2.69. The van der Waals surface area contributed by atoms with Gasteiger partial charge in [-0.25, -0.2) is 13.8 Å². The molecule has 1 aliphatic rings. The molecule has 0 spiro atoms. The van der Waals surface area contributed by atoms with E-state index in [9.17, 15) is 8.78 Å². The number of rotatable bonds is 5. The van der Waals surface area contributed by atoms with Crippen LogP contribution in [0.15, 0.2) is 48.9 Å². The van der Waals surface area contributed by atoms with Gasteiger partial charge in [0.05, 0.1) is 0 Å². The minimum absolute atomic E-state index is 0.459. The Morgan fingerprint density at radius 3 is 2.86 bits per heavy atom. The van der Waals surface area contributed by atoms with Crippen molar-refractivity contribution >= 4 is 0 Å². The lowest BCUT2D eigenvalue weighted by atomic mass is 9.97. The average Bonchev–Trinajstić information content (AvgIpc) is 3.05. The number of piperidine rings is 1. The Balaban J connectivity index is 1.47. The van der Waals surface area contributed by atoms with Crippen LogP contribution in [0.3, 0.4) is 0 Å². The van der Waals surface area contributed by atoms with Crippen molar-refractivity contribution in [2.24, 2.45) is 5.92 Å². The molecule has 3 heterocycles. The first kappa shape index (κ1) is 18.7. The molecule has 28 heavy (non-hydrogen) atoms. The van der Waals surface area contributed by atoms with E-state index < -0.39 is 11.6 Å². The molecule has 146 valence electrons. The van der Waals surface area contributed by atoms with Crippen LogP contribution in [0.5, 0.6) is 0 Å². The highest BCUT2D eigenvalue weighted by molar-refractivity contribution is 5.54. The largest absolute Gasteiger partial charge is 0.328 e. The third-order valence-electron chi connectivity index (χ3n) is 5.43. The molecule has 1 aliphatic heterocycles. The van der Waals surface area contributed by atoms with E-state index in [1.807, 2.05) is 24.5 Å². The summed E-state index contributed by atoms with van der Waals surface area (Å²) in [6, 6.07) is 7.79. The van der Waals surface area contributed by atoms with E-state index in [1.54, 1.807) is 12.3 Å². The van der Waals surface area contributed by atoms with E-state index >= 15 is 0 Å². The SMILES string of the molecule is Cc1cnc(-c2cccnc2)n1CC1CCCN(Cc2ccc(F)cc2F)C1. The van der Waals surface area contributed by atoms with Gasteiger partial charge in [0.15, 0.2) is 0 Å². The lowest BCUT2D eigenvalue weighted by molar-refractivity contribution is 0.154. The summed E-state index contributed by atoms with van der Waals surface area (Å²) in [6.07, 6.45) is 7.70. The fraction of sp³-hybridized carbons (Fsp3) is 0.364. The van der Waals surface area contributed by atoms with Gasteiger partial charge in [0, 0.05) is 61.1 Å². The smallest absolute Gasteiger partial charge is 0.141 e. The van der Waals surface area contributed by atoms with E-state index in [4.69, 9.17) is 0 Å². The summed E-state index contributed by atoms with van der Waals surface area (Å²) < 4.78 is 29.4. The number of benzene rings is 1. The molecule has 1 aromatic carbocycles. The predicted molar refractivity (Wildman–Crippen MR) is 105 cm³/mol. The van der Waals surface area contributed by atoms with Gasteiger partial charge < -0.3 is 4.57 Å². The van der Waals surface area contributed by atoms with Gasteiger partial charge in [0.25, 0.3) is 0 Å². The van der Waals surface area contributed by atoms with E-state index in [-0.39, 0.29) is 0 Å². The van der Waals surface area contributed by atoms with Crippen molar-refractivity contribution in [2.75, 3.05) is 13.1 Å². The lowest BCUT2D eigenvalue weighted by Crippen LogP contribution is -2.37. The lowest BCUT2D eigenvalue weighted by Gasteiger charge is -2.33. The third-order valence-corrected chi connectivity index (χ3v) is 5.43. The highest BCUT2D eigenvalue weighted by atomic mass is 19.1. The Morgan fingerprint density at radius 1 is 1.18 bits per heavy atom. The third kappa shape index (κ3) is 4.12. The maximum atomic E-state index is 14.0. The quantitative estimate of drug-likeness (QED) is 0.654. The molecule has 0 radical (unpaired) electrons. The first-order valence-electron chi connectivity index (χ1n) is 9.69. The number of pyridine rings is 1. The number of aryl methyl sites for hydroxylation is 1. The molecule has 1 fully saturated rings. The summed E-state index contributed by atoms with van der Waals surface area (Å²) in [5, 5.41) is 0. The summed E-state index contributed by atoms with van der Waals surface area (Å²) in [4.78, 5) is 11.1. The Kier molecular flexibility index (Phi) is 5.48. The van der Waals surface area contributed by atoms with E-state index in [0.717, 1.165) is 55.6 Å². The van der Waals surface area contributed by atoms with Gasteiger partial charge >= 0.3 is 0 Å². The van der Waals surface area contributed by atoms with Crippen LogP contribution < -0.4 is 0 Å². The molecule has 3 aromatic rings. The first-order valence-corrected chi connectivity index (χ1v) is 9.69. The predicted octanol–water partition coefficient (Wildman–Crippen LogP) is 4.44. The van der Waals surface area contributed by atoms with Gasteiger partial charge in [0.2, 0.25) is 0 Å². The van der Waals surface area contributed by atoms with Crippen molar-refractivity contribution < 1.29 is 8.78 Å². The van der Waals surface area contributed by atoms with Crippen molar-refractivity contribution in [1.29, 1.82) is 0 Å². The maximum absolute atomic E-state index is 14.0. The molecule has 1 unspecified atom stereocenters. The Hall–Kier alpha value is -2.60. The maximum Gasteiger partial charge on any atom is 0.141 e. The van der Waals surface area contributed by atoms with E-state index in [0.29, 0.717) is 18.0 Å². The molecule has 6 heteroatoms. The zero-order valence-electron chi connectivity index (χ0n) is 16.0. The normalized spacial score (nSPS) is 17.8. The van der Waals surface area contributed by atoms with Crippen molar-refractivity contribution in [3.8, 4) is 11.4 Å². The number of hydrogen-bond acceptors (Lipinski definition) is 3. The summed E-state index contributed by atoms with van der Waals surface area (Å²) in [7, 11) is 0. The van der Waals surface area contributed by atoms with Gasteiger partial charge in [-0.3, -0.25) is 9.88 Å². The van der Waals surface area contributed by atoms with E-state index in [2.05, 4.69) is 26.4 Å². The monoisotopic (exact) mass is 382 g/mol. The van der Waals surface area contributed by atoms with Gasteiger partial charge in [-0.15, -0.1) is 0 Å². The molecule has 4 rings (SSSR count). The van der Waals surface area contributed by atoms with Crippen LogP contribution in [0.2, 0.25) is 0 Å². The van der Waals surface area contributed by atoms with Crippen molar-refractivity contribution in [1.82, 2.24) is 19.4 Å². The Labute approximate surface area is 163 Å². The molecule has 0 saturated carbocycles. The highest BCUT2D eigenvalue weighted by Gasteiger charge is 2.23. The van der Waals surface area contributed by atoms with Crippen molar-refractivity contribution in [3.05, 3.63) is 71.8 Å². The average molecular weight is 382 g/mol. The molecular formula is C22H24F2N4. The summed E-state index contributed by atoms with van der Waals surface area (Å²) in [6.45, 7) is 5.29. The molecule has 4 nitrogen and oxygen atoms in total. The zero-order valence-corrected chi connectivity index (χ0v) is 16.0. The van der Waals surface area contributed by atoms with Crippen LogP contribution >= 0.6 is 0 Å². The minimum atomic E-state index is -0.531. The molecule has 1 atom stereocenters. The first-order chi connectivity index (χ1) is 13.6. The van der Waals surface area contributed by atoms with Crippen molar-refractivity contribution in [2.45, 2.75) is 32.9 Å². The molecule has 1 saturated heterocycles. The van der Waals surface area contributed by atoms with Crippen LogP contribution in [0.4, 0.5) is 8.78 Å². The minimum Gasteiger partial charge on any atom is -0.328 e. The van der Waals surface area contributed by atoms with Gasteiger partial charge in [-0.05, 0) is 50.4 Å². The van der Waals surface area contributed by atoms with Crippen LogP contribution in [-0.2, 0) is 13.1 Å². The molecular weight excluding hydrogens is 358 g/mol. The second kappa shape index (κ2) is 8.19. The molecule has 0 aliphatic carbocycles. The Bertz CT molecular complexity index is 939. The fourth-order valence-corrected chi connectivity index (χ4v) is 4.01. The van der Waals surface area contributed by atoms with Crippen LogP contribution in [0, 0.1) is 24.5 Å². The number of halogens is 2. The second-order valence-corrected chi connectivity index (χ2v) is 7.55.